The lowest BCUT2D eigenvalue weighted by atomic mass is 9.79. The van der Waals surface area contributed by atoms with Gasteiger partial charge in [0.25, 0.3) is 0 Å². The zero-order valence-corrected chi connectivity index (χ0v) is 8.92. The van der Waals surface area contributed by atoms with Crippen LogP contribution in [0.25, 0.3) is 0 Å². The van der Waals surface area contributed by atoms with Crippen LogP contribution < -0.4 is 0 Å². The first-order valence-corrected chi connectivity index (χ1v) is 5.31. The summed E-state index contributed by atoms with van der Waals surface area (Å²) in [6.07, 6.45) is 5.08. The van der Waals surface area contributed by atoms with E-state index in [0.29, 0.717) is 6.61 Å². The summed E-state index contributed by atoms with van der Waals surface area (Å²) in [6.45, 7) is 2.24. The van der Waals surface area contributed by atoms with Crippen LogP contribution in [0.1, 0.15) is 32.1 Å². The van der Waals surface area contributed by atoms with E-state index in [2.05, 4.69) is 6.07 Å². The lowest BCUT2D eigenvalue weighted by Crippen LogP contribution is -2.30. The van der Waals surface area contributed by atoms with Crippen molar-refractivity contribution < 1.29 is 9.47 Å². The average molecular weight is 197 g/mol. The fraction of sp³-hybridized carbons (Fsp3) is 0.909. The number of unbranched alkanes of at least 4 members (excludes halogenated alkanes) is 1. The molecule has 0 saturated carbocycles. The van der Waals surface area contributed by atoms with Crippen LogP contribution in [0.2, 0.25) is 0 Å². The smallest absolute Gasteiger partial charge is 0.0807 e. The minimum atomic E-state index is -0.202. The third-order valence-corrected chi connectivity index (χ3v) is 2.81. The molecule has 0 N–H and O–H groups in total. The SMILES string of the molecule is COCCCCC1(C#N)CCCOC1. The van der Waals surface area contributed by atoms with Crippen LogP contribution in [0.4, 0.5) is 0 Å². The zero-order valence-electron chi connectivity index (χ0n) is 8.92. The molecule has 1 rings (SSSR count). The number of nitriles is 1. The fourth-order valence-corrected chi connectivity index (χ4v) is 1.90. The molecule has 80 valence electrons. The number of nitrogens with zero attached hydrogens (tertiary/aromatic N) is 1. The van der Waals surface area contributed by atoms with E-state index in [1.165, 1.54) is 0 Å². The van der Waals surface area contributed by atoms with Gasteiger partial charge in [0.2, 0.25) is 0 Å². The summed E-state index contributed by atoms with van der Waals surface area (Å²) in [4.78, 5) is 0. The van der Waals surface area contributed by atoms with E-state index in [0.717, 1.165) is 45.3 Å². The van der Waals surface area contributed by atoms with E-state index in [9.17, 15) is 0 Å². The van der Waals surface area contributed by atoms with Gasteiger partial charge in [0.15, 0.2) is 0 Å². The number of ether oxygens (including phenoxy) is 2. The topological polar surface area (TPSA) is 42.2 Å². The summed E-state index contributed by atoms with van der Waals surface area (Å²) in [5.41, 5.74) is -0.202. The Bertz CT molecular complexity index is 192. The first kappa shape index (κ1) is 11.5. The van der Waals surface area contributed by atoms with E-state index >= 15 is 0 Å². The molecule has 1 atom stereocenters. The molecule has 14 heavy (non-hydrogen) atoms. The van der Waals surface area contributed by atoms with E-state index in [1.54, 1.807) is 7.11 Å². The summed E-state index contributed by atoms with van der Waals surface area (Å²) in [5.74, 6) is 0. The minimum absolute atomic E-state index is 0.202. The second-order valence-corrected chi connectivity index (χ2v) is 4.00. The van der Waals surface area contributed by atoms with Gasteiger partial charge >= 0.3 is 0 Å². The van der Waals surface area contributed by atoms with Crippen LogP contribution in [-0.4, -0.2) is 26.9 Å². The molecule has 3 heteroatoms. The van der Waals surface area contributed by atoms with Crippen LogP contribution in [-0.2, 0) is 9.47 Å². The molecule has 1 heterocycles. The van der Waals surface area contributed by atoms with Gasteiger partial charge in [-0.3, -0.25) is 0 Å². The Labute approximate surface area is 86.0 Å². The minimum Gasteiger partial charge on any atom is -0.385 e. The first-order chi connectivity index (χ1) is 6.83. The van der Waals surface area contributed by atoms with Crippen LogP contribution >= 0.6 is 0 Å². The summed E-state index contributed by atoms with van der Waals surface area (Å²) >= 11 is 0. The van der Waals surface area contributed by atoms with Gasteiger partial charge in [-0.25, -0.2) is 0 Å². The normalized spacial score (nSPS) is 27.1. The van der Waals surface area contributed by atoms with E-state index in [4.69, 9.17) is 14.7 Å². The fourth-order valence-electron chi connectivity index (χ4n) is 1.90. The third kappa shape index (κ3) is 3.28. The second-order valence-electron chi connectivity index (χ2n) is 4.00. The highest BCUT2D eigenvalue weighted by molar-refractivity contribution is 5.00. The molecule has 1 aliphatic rings. The molecule has 3 nitrogen and oxygen atoms in total. The van der Waals surface area contributed by atoms with Gasteiger partial charge in [-0.05, 0) is 32.1 Å². The van der Waals surface area contributed by atoms with Gasteiger partial charge in [-0.1, -0.05) is 0 Å². The van der Waals surface area contributed by atoms with Gasteiger partial charge in [-0.2, -0.15) is 5.26 Å². The van der Waals surface area contributed by atoms with Crippen molar-refractivity contribution >= 4 is 0 Å². The van der Waals surface area contributed by atoms with Gasteiger partial charge in [0, 0.05) is 20.3 Å². The molecule has 1 aliphatic heterocycles. The summed E-state index contributed by atoms with van der Waals surface area (Å²) in [5, 5.41) is 9.14. The molecule has 0 aliphatic carbocycles. The van der Waals surface area contributed by atoms with Crippen molar-refractivity contribution in [2.24, 2.45) is 5.41 Å². The Kier molecular flexibility index (Phi) is 4.92. The molecule has 0 radical (unpaired) electrons. The Morgan fingerprint density at radius 1 is 1.50 bits per heavy atom. The highest BCUT2D eigenvalue weighted by Crippen LogP contribution is 2.33. The van der Waals surface area contributed by atoms with Crippen LogP contribution in [0.15, 0.2) is 0 Å². The molecular formula is C11H19NO2. The predicted molar refractivity (Wildman–Crippen MR) is 53.8 cm³/mol. The lowest BCUT2D eigenvalue weighted by Gasteiger charge is -2.30. The van der Waals surface area contributed by atoms with E-state index in [-0.39, 0.29) is 5.41 Å². The van der Waals surface area contributed by atoms with Gasteiger partial charge < -0.3 is 9.47 Å². The molecule has 0 bridgehead atoms. The Morgan fingerprint density at radius 2 is 2.36 bits per heavy atom. The lowest BCUT2D eigenvalue weighted by molar-refractivity contribution is 0.0162. The van der Waals surface area contributed by atoms with Crippen molar-refractivity contribution in [3.63, 3.8) is 0 Å². The second kappa shape index (κ2) is 6.00. The molecule has 1 fully saturated rings. The quantitative estimate of drug-likeness (QED) is 0.634. The molecule has 0 spiro atoms. The maximum atomic E-state index is 9.14. The first-order valence-electron chi connectivity index (χ1n) is 5.31. The maximum absolute atomic E-state index is 9.14. The summed E-state index contributed by atoms with van der Waals surface area (Å²) in [6, 6.07) is 2.43. The average Bonchev–Trinajstić information content (AvgIpc) is 2.26. The van der Waals surface area contributed by atoms with Crippen molar-refractivity contribution in [3.05, 3.63) is 0 Å². The zero-order chi connectivity index (χ0) is 10.3. The Morgan fingerprint density at radius 3 is 2.93 bits per heavy atom. The van der Waals surface area contributed by atoms with Crippen molar-refractivity contribution in [2.45, 2.75) is 32.1 Å². The largest absolute Gasteiger partial charge is 0.385 e. The number of rotatable bonds is 5. The standard InChI is InChI=1S/C11H19NO2/c1-13-7-3-2-5-11(9-12)6-4-8-14-10-11/h2-8,10H2,1H3. The van der Waals surface area contributed by atoms with E-state index in [1.807, 2.05) is 0 Å². The van der Waals surface area contributed by atoms with Crippen molar-refractivity contribution in [1.82, 2.24) is 0 Å². The highest BCUT2D eigenvalue weighted by atomic mass is 16.5. The summed E-state index contributed by atoms with van der Waals surface area (Å²) < 4.78 is 10.4. The molecule has 0 aromatic heterocycles. The highest BCUT2D eigenvalue weighted by Gasteiger charge is 2.32. The van der Waals surface area contributed by atoms with Crippen molar-refractivity contribution in [1.29, 1.82) is 5.26 Å². The van der Waals surface area contributed by atoms with Crippen molar-refractivity contribution in [3.8, 4) is 6.07 Å². The summed E-state index contributed by atoms with van der Waals surface area (Å²) in [7, 11) is 1.71. The van der Waals surface area contributed by atoms with Gasteiger partial charge in [0.05, 0.1) is 18.1 Å². The predicted octanol–water partition coefficient (Wildman–Crippen LogP) is 2.12. The molecular weight excluding hydrogens is 178 g/mol. The third-order valence-electron chi connectivity index (χ3n) is 2.81. The molecule has 0 amide bonds. The van der Waals surface area contributed by atoms with Crippen LogP contribution in [0.5, 0.6) is 0 Å². The molecule has 1 unspecified atom stereocenters. The van der Waals surface area contributed by atoms with Gasteiger partial charge in [0.1, 0.15) is 0 Å². The number of hydrogen-bond donors (Lipinski definition) is 0. The van der Waals surface area contributed by atoms with Crippen LogP contribution in [0.3, 0.4) is 0 Å². The Hall–Kier alpha value is -0.590. The number of methoxy groups -OCH3 is 1. The maximum Gasteiger partial charge on any atom is 0.0807 e. The Balaban J connectivity index is 2.26. The molecule has 0 aromatic rings. The van der Waals surface area contributed by atoms with Crippen LogP contribution in [0, 0.1) is 16.7 Å². The molecule has 1 saturated heterocycles. The molecule has 0 aromatic carbocycles. The van der Waals surface area contributed by atoms with Gasteiger partial charge in [-0.15, -0.1) is 0 Å². The monoisotopic (exact) mass is 197 g/mol. The van der Waals surface area contributed by atoms with Crippen molar-refractivity contribution in [2.75, 3.05) is 26.9 Å². The number of hydrogen-bond acceptors (Lipinski definition) is 3. The van der Waals surface area contributed by atoms with E-state index < -0.39 is 0 Å².